The van der Waals surface area contributed by atoms with E-state index in [-0.39, 0.29) is 35.5 Å². The average molecular weight is 476 g/mol. The molecule has 1 aromatic heterocycles. The SMILES string of the molecule is CSc1c(C#N)c(NC(=O)CCN2C(=O)c3cccc([N+](=O)[O-])c3C2=O)nn1-c1ccccc1. The Labute approximate surface area is 197 Å². The summed E-state index contributed by atoms with van der Waals surface area (Å²) < 4.78 is 1.54. The summed E-state index contributed by atoms with van der Waals surface area (Å²) in [7, 11) is 0. The van der Waals surface area contributed by atoms with Crippen LogP contribution < -0.4 is 5.32 Å². The first kappa shape index (κ1) is 22.7. The van der Waals surface area contributed by atoms with E-state index in [4.69, 9.17) is 0 Å². The van der Waals surface area contributed by atoms with Crippen LogP contribution in [0.25, 0.3) is 5.69 Å². The molecule has 0 unspecified atom stereocenters. The van der Waals surface area contributed by atoms with Gasteiger partial charge in [-0.05, 0) is 24.5 Å². The standard InChI is InChI=1S/C22H16N6O5S/c1-34-22-15(12-23)19(25-27(22)13-6-3-2-4-7-13)24-17(29)10-11-26-20(30)14-8-5-9-16(28(32)33)18(14)21(26)31/h2-9H,10-11H2,1H3,(H,24,25,29). The van der Waals surface area contributed by atoms with Gasteiger partial charge in [0, 0.05) is 19.0 Å². The Hall–Kier alpha value is -4.50. The molecule has 2 aromatic carbocycles. The Kier molecular flexibility index (Phi) is 6.11. The number of imide groups is 1. The van der Waals surface area contributed by atoms with Crippen LogP contribution in [0.2, 0.25) is 0 Å². The maximum atomic E-state index is 12.7. The minimum Gasteiger partial charge on any atom is -0.308 e. The van der Waals surface area contributed by atoms with Crippen molar-refractivity contribution in [1.82, 2.24) is 14.7 Å². The van der Waals surface area contributed by atoms with Gasteiger partial charge in [-0.15, -0.1) is 16.9 Å². The van der Waals surface area contributed by atoms with Crippen molar-refractivity contribution in [2.75, 3.05) is 18.1 Å². The first-order valence-corrected chi connectivity index (χ1v) is 11.2. The minimum absolute atomic E-state index is 0.0544. The quantitative estimate of drug-likeness (QED) is 0.236. The number of nitriles is 1. The number of nitrogens with zero attached hydrogens (tertiary/aromatic N) is 5. The minimum atomic E-state index is -0.823. The van der Waals surface area contributed by atoms with E-state index in [1.54, 1.807) is 23.1 Å². The molecule has 4 rings (SSSR count). The predicted molar refractivity (Wildman–Crippen MR) is 122 cm³/mol. The van der Waals surface area contributed by atoms with Gasteiger partial charge in [0.2, 0.25) is 5.91 Å². The summed E-state index contributed by atoms with van der Waals surface area (Å²) in [4.78, 5) is 49.2. The molecule has 34 heavy (non-hydrogen) atoms. The molecule has 1 aliphatic heterocycles. The first-order chi connectivity index (χ1) is 16.4. The number of hydrogen-bond acceptors (Lipinski definition) is 8. The molecule has 12 heteroatoms. The van der Waals surface area contributed by atoms with E-state index >= 15 is 0 Å². The fraction of sp³-hybridized carbons (Fsp3) is 0.136. The third kappa shape index (κ3) is 3.89. The normalized spacial score (nSPS) is 12.4. The van der Waals surface area contributed by atoms with Crippen LogP contribution in [-0.4, -0.2) is 50.1 Å². The molecule has 0 spiro atoms. The van der Waals surface area contributed by atoms with Gasteiger partial charge in [0.15, 0.2) is 5.82 Å². The molecule has 0 aliphatic carbocycles. The Morgan fingerprint density at radius 1 is 1.18 bits per heavy atom. The molecule has 3 amide bonds. The number of nitro groups is 1. The van der Waals surface area contributed by atoms with Crippen molar-refractivity contribution in [1.29, 1.82) is 5.26 Å². The largest absolute Gasteiger partial charge is 0.308 e. The predicted octanol–water partition coefficient (Wildman–Crippen LogP) is 3.00. The molecule has 0 fully saturated rings. The highest BCUT2D eigenvalue weighted by Crippen LogP contribution is 2.31. The van der Waals surface area contributed by atoms with E-state index in [2.05, 4.69) is 10.4 Å². The second-order valence-corrected chi connectivity index (χ2v) is 7.90. The van der Waals surface area contributed by atoms with Crippen molar-refractivity contribution in [3.8, 4) is 11.8 Å². The summed E-state index contributed by atoms with van der Waals surface area (Å²) >= 11 is 1.29. The van der Waals surface area contributed by atoms with E-state index < -0.39 is 28.3 Å². The third-order valence-electron chi connectivity index (χ3n) is 5.14. The molecule has 0 saturated heterocycles. The highest BCUT2D eigenvalue weighted by molar-refractivity contribution is 7.98. The van der Waals surface area contributed by atoms with Gasteiger partial charge < -0.3 is 5.32 Å². The number of thioether (sulfide) groups is 1. The van der Waals surface area contributed by atoms with Crippen molar-refractivity contribution in [2.24, 2.45) is 0 Å². The van der Waals surface area contributed by atoms with Crippen LogP contribution in [0, 0.1) is 21.4 Å². The lowest BCUT2D eigenvalue weighted by Crippen LogP contribution is -2.33. The van der Waals surface area contributed by atoms with E-state index in [0.717, 1.165) is 11.0 Å². The summed E-state index contributed by atoms with van der Waals surface area (Å²) in [6, 6.07) is 14.9. The topological polar surface area (TPSA) is 151 Å². The molecular formula is C22H16N6O5S. The lowest BCUT2D eigenvalue weighted by molar-refractivity contribution is -0.385. The van der Waals surface area contributed by atoms with Crippen LogP contribution in [0.15, 0.2) is 53.6 Å². The zero-order chi connectivity index (χ0) is 24.4. The number of aromatic nitrogens is 2. The van der Waals surface area contributed by atoms with Crippen molar-refractivity contribution in [2.45, 2.75) is 11.4 Å². The lowest BCUT2D eigenvalue weighted by Gasteiger charge is -2.13. The molecular weight excluding hydrogens is 460 g/mol. The van der Waals surface area contributed by atoms with Crippen molar-refractivity contribution in [3.63, 3.8) is 0 Å². The zero-order valence-electron chi connectivity index (χ0n) is 17.7. The van der Waals surface area contributed by atoms with E-state index in [9.17, 15) is 29.8 Å². The van der Waals surface area contributed by atoms with Crippen LogP contribution in [0.4, 0.5) is 11.5 Å². The summed E-state index contributed by atoms with van der Waals surface area (Å²) in [5, 5.41) is 28.3. The number of carbonyl (C=O) groups excluding carboxylic acids is 3. The van der Waals surface area contributed by atoms with Gasteiger partial charge in [-0.3, -0.25) is 29.4 Å². The lowest BCUT2D eigenvalue weighted by atomic mass is 10.1. The fourth-order valence-electron chi connectivity index (χ4n) is 3.60. The molecule has 170 valence electrons. The molecule has 11 nitrogen and oxygen atoms in total. The zero-order valence-corrected chi connectivity index (χ0v) is 18.5. The number of fused-ring (bicyclic) bond motifs is 1. The number of anilines is 1. The van der Waals surface area contributed by atoms with Crippen LogP contribution in [-0.2, 0) is 4.79 Å². The van der Waals surface area contributed by atoms with Gasteiger partial charge >= 0.3 is 0 Å². The van der Waals surface area contributed by atoms with E-state index in [0.29, 0.717) is 10.7 Å². The van der Waals surface area contributed by atoms with Gasteiger partial charge in [-0.2, -0.15) is 5.26 Å². The molecule has 0 radical (unpaired) electrons. The number of nitro benzene ring substituents is 1. The van der Waals surface area contributed by atoms with Crippen LogP contribution >= 0.6 is 11.8 Å². The summed E-state index contributed by atoms with van der Waals surface area (Å²) in [5.74, 6) is -2.05. The van der Waals surface area contributed by atoms with Crippen LogP contribution in [0.3, 0.4) is 0 Å². The number of para-hydroxylation sites is 1. The molecule has 0 bridgehead atoms. The maximum absolute atomic E-state index is 12.7. The van der Waals surface area contributed by atoms with E-state index in [1.807, 2.05) is 24.3 Å². The highest BCUT2D eigenvalue weighted by atomic mass is 32.2. The summed E-state index contributed by atoms with van der Waals surface area (Å²) in [6.07, 6.45) is 1.50. The number of nitrogens with one attached hydrogen (secondary N) is 1. The average Bonchev–Trinajstić information content (AvgIpc) is 3.32. The van der Waals surface area contributed by atoms with Crippen LogP contribution in [0.1, 0.15) is 32.7 Å². The van der Waals surface area contributed by atoms with Crippen molar-refractivity contribution < 1.29 is 19.3 Å². The molecule has 1 aliphatic rings. The molecule has 0 saturated carbocycles. The van der Waals surface area contributed by atoms with Crippen molar-refractivity contribution in [3.05, 3.63) is 75.3 Å². The van der Waals surface area contributed by atoms with Gasteiger partial charge in [0.25, 0.3) is 17.5 Å². The van der Waals surface area contributed by atoms with Crippen LogP contribution in [0.5, 0.6) is 0 Å². The number of benzene rings is 2. The Bertz CT molecular complexity index is 1380. The van der Waals surface area contributed by atoms with E-state index in [1.165, 1.54) is 23.9 Å². The Morgan fingerprint density at radius 3 is 2.56 bits per heavy atom. The van der Waals surface area contributed by atoms with Gasteiger partial charge in [0.1, 0.15) is 22.2 Å². The molecule has 3 aromatic rings. The highest BCUT2D eigenvalue weighted by Gasteiger charge is 2.40. The second-order valence-electron chi connectivity index (χ2n) is 7.11. The first-order valence-electron chi connectivity index (χ1n) is 9.93. The monoisotopic (exact) mass is 476 g/mol. The number of rotatable bonds is 7. The maximum Gasteiger partial charge on any atom is 0.282 e. The molecule has 2 heterocycles. The van der Waals surface area contributed by atoms with Gasteiger partial charge in [0.05, 0.1) is 16.2 Å². The second kappa shape index (κ2) is 9.16. The smallest absolute Gasteiger partial charge is 0.282 e. The Balaban J connectivity index is 1.51. The Morgan fingerprint density at radius 2 is 1.91 bits per heavy atom. The summed E-state index contributed by atoms with van der Waals surface area (Å²) in [6.45, 7) is -0.286. The summed E-state index contributed by atoms with van der Waals surface area (Å²) in [5.41, 5.74) is 0.0727. The molecule has 0 atom stereocenters. The third-order valence-corrected chi connectivity index (χ3v) is 5.91. The van der Waals surface area contributed by atoms with Crippen molar-refractivity contribution >= 4 is 41.0 Å². The molecule has 1 N–H and O–H groups in total. The fourth-order valence-corrected chi connectivity index (χ4v) is 4.27. The number of amides is 3. The van der Waals surface area contributed by atoms with Gasteiger partial charge in [-0.1, -0.05) is 24.3 Å². The number of carbonyl (C=O) groups is 3. The van der Waals surface area contributed by atoms with Gasteiger partial charge in [-0.25, -0.2) is 4.68 Å². The number of hydrogen-bond donors (Lipinski definition) is 1.